The van der Waals surface area contributed by atoms with Crippen molar-refractivity contribution in [1.29, 1.82) is 0 Å². The van der Waals surface area contributed by atoms with E-state index in [2.05, 4.69) is 0 Å². The lowest BCUT2D eigenvalue weighted by Crippen LogP contribution is -2.14. The van der Waals surface area contributed by atoms with Crippen molar-refractivity contribution in [3.63, 3.8) is 0 Å². The Morgan fingerprint density at radius 1 is 1.38 bits per heavy atom. The molecule has 70 valence electrons. The van der Waals surface area contributed by atoms with Gasteiger partial charge >= 0.3 is 0 Å². The fourth-order valence-corrected chi connectivity index (χ4v) is 1.30. The SMILES string of the molecule is CC(C)c1cccc(C(N)=O)c1N. The van der Waals surface area contributed by atoms with Crippen LogP contribution in [-0.4, -0.2) is 5.91 Å². The molecular formula is C10H14N2O. The van der Waals surface area contributed by atoms with Crippen LogP contribution in [0.4, 0.5) is 5.69 Å². The minimum absolute atomic E-state index is 0.305. The van der Waals surface area contributed by atoms with Crippen LogP contribution in [0.25, 0.3) is 0 Å². The zero-order valence-corrected chi connectivity index (χ0v) is 7.87. The van der Waals surface area contributed by atoms with Crippen LogP contribution in [0.15, 0.2) is 18.2 Å². The number of benzene rings is 1. The number of hydrogen-bond acceptors (Lipinski definition) is 2. The van der Waals surface area contributed by atoms with Crippen molar-refractivity contribution >= 4 is 11.6 Å². The molecule has 0 atom stereocenters. The molecule has 0 aliphatic carbocycles. The molecule has 0 spiro atoms. The highest BCUT2D eigenvalue weighted by Gasteiger charge is 2.10. The van der Waals surface area contributed by atoms with Gasteiger partial charge in [0.05, 0.1) is 5.56 Å². The van der Waals surface area contributed by atoms with Gasteiger partial charge in [-0.25, -0.2) is 0 Å². The molecular weight excluding hydrogens is 164 g/mol. The second-order valence-electron chi connectivity index (χ2n) is 3.33. The van der Waals surface area contributed by atoms with E-state index in [1.807, 2.05) is 19.9 Å². The third-order valence-electron chi connectivity index (χ3n) is 2.03. The first kappa shape index (κ1) is 9.58. The maximum Gasteiger partial charge on any atom is 0.250 e. The summed E-state index contributed by atoms with van der Waals surface area (Å²) in [5.74, 6) is -0.167. The first-order valence-corrected chi connectivity index (χ1v) is 4.22. The van der Waals surface area contributed by atoms with Gasteiger partial charge in [0, 0.05) is 5.69 Å². The van der Waals surface area contributed by atoms with Gasteiger partial charge in [0.1, 0.15) is 0 Å². The van der Waals surface area contributed by atoms with E-state index in [1.54, 1.807) is 12.1 Å². The monoisotopic (exact) mass is 178 g/mol. The minimum Gasteiger partial charge on any atom is -0.398 e. The van der Waals surface area contributed by atoms with Crippen molar-refractivity contribution in [2.75, 3.05) is 5.73 Å². The van der Waals surface area contributed by atoms with E-state index in [-0.39, 0.29) is 0 Å². The van der Waals surface area contributed by atoms with Crippen molar-refractivity contribution in [1.82, 2.24) is 0 Å². The van der Waals surface area contributed by atoms with Crippen molar-refractivity contribution in [2.24, 2.45) is 5.73 Å². The quantitative estimate of drug-likeness (QED) is 0.673. The molecule has 0 bridgehead atoms. The first-order chi connectivity index (χ1) is 6.04. The van der Waals surface area contributed by atoms with Gasteiger partial charge in [-0.1, -0.05) is 26.0 Å². The molecule has 0 heterocycles. The van der Waals surface area contributed by atoms with Crippen molar-refractivity contribution < 1.29 is 4.79 Å². The maximum atomic E-state index is 10.9. The number of carbonyl (C=O) groups is 1. The number of amides is 1. The van der Waals surface area contributed by atoms with Gasteiger partial charge in [-0.2, -0.15) is 0 Å². The lowest BCUT2D eigenvalue weighted by Gasteiger charge is -2.11. The van der Waals surface area contributed by atoms with E-state index in [1.165, 1.54) is 0 Å². The summed E-state index contributed by atoms with van der Waals surface area (Å²) in [6.07, 6.45) is 0. The molecule has 1 rings (SSSR count). The van der Waals surface area contributed by atoms with E-state index in [4.69, 9.17) is 11.5 Å². The molecule has 13 heavy (non-hydrogen) atoms. The zero-order chi connectivity index (χ0) is 10.0. The highest BCUT2D eigenvalue weighted by atomic mass is 16.1. The average Bonchev–Trinajstić information content (AvgIpc) is 2.03. The van der Waals surface area contributed by atoms with Gasteiger partial charge in [0.15, 0.2) is 0 Å². The highest BCUT2D eigenvalue weighted by molar-refractivity contribution is 5.98. The lowest BCUT2D eigenvalue weighted by atomic mass is 9.98. The summed E-state index contributed by atoms with van der Waals surface area (Å²) in [5.41, 5.74) is 12.8. The fourth-order valence-electron chi connectivity index (χ4n) is 1.30. The summed E-state index contributed by atoms with van der Waals surface area (Å²) in [7, 11) is 0. The number of nitrogen functional groups attached to an aromatic ring is 1. The van der Waals surface area contributed by atoms with E-state index in [9.17, 15) is 4.79 Å². The van der Waals surface area contributed by atoms with E-state index >= 15 is 0 Å². The molecule has 0 saturated heterocycles. The Morgan fingerprint density at radius 2 is 2.00 bits per heavy atom. The Hall–Kier alpha value is -1.51. The third kappa shape index (κ3) is 1.80. The Labute approximate surface area is 77.7 Å². The van der Waals surface area contributed by atoms with Crippen LogP contribution in [-0.2, 0) is 0 Å². The molecule has 1 aromatic carbocycles. The molecule has 0 aliphatic heterocycles. The van der Waals surface area contributed by atoms with Crippen LogP contribution in [0.1, 0.15) is 35.7 Å². The second-order valence-corrected chi connectivity index (χ2v) is 3.33. The molecule has 4 N–H and O–H groups in total. The van der Waals surface area contributed by atoms with Gasteiger partial charge in [0.2, 0.25) is 0 Å². The molecule has 0 radical (unpaired) electrons. The van der Waals surface area contributed by atoms with Gasteiger partial charge in [-0.15, -0.1) is 0 Å². The number of para-hydroxylation sites is 1. The molecule has 1 aromatic rings. The van der Waals surface area contributed by atoms with E-state index < -0.39 is 5.91 Å². The fraction of sp³-hybridized carbons (Fsp3) is 0.300. The number of nitrogens with two attached hydrogens (primary N) is 2. The van der Waals surface area contributed by atoms with Crippen LogP contribution >= 0.6 is 0 Å². The number of rotatable bonds is 2. The summed E-state index contributed by atoms with van der Waals surface area (Å²) in [5, 5.41) is 0. The van der Waals surface area contributed by atoms with Crippen LogP contribution in [0.3, 0.4) is 0 Å². The Balaban J connectivity index is 3.26. The molecule has 0 saturated carbocycles. The van der Waals surface area contributed by atoms with E-state index in [0.29, 0.717) is 17.2 Å². The van der Waals surface area contributed by atoms with Gasteiger partial charge < -0.3 is 11.5 Å². The van der Waals surface area contributed by atoms with Crippen LogP contribution in [0, 0.1) is 0 Å². The molecule has 1 amide bonds. The molecule has 0 aliphatic rings. The summed E-state index contributed by atoms with van der Waals surface area (Å²) in [6, 6.07) is 5.35. The van der Waals surface area contributed by atoms with Crippen molar-refractivity contribution in [3.05, 3.63) is 29.3 Å². The second kappa shape index (κ2) is 3.47. The third-order valence-corrected chi connectivity index (χ3v) is 2.03. The predicted molar refractivity (Wildman–Crippen MR) is 53.5 cm³/mol. The van der Waals surface area contributed by atoms with Gasteiger partial charge in [-0.3, -0.25) is 4.79 Å². The smallest absolute Gasteiger partial charge is 0.250 e. The predicted octanol–water partition coefficient (Wildman–Crippen LogP) is 1.49. The summed E-state index contributed by atoms with van der Waals surface area (Å²) < 4.78 is 0. The Morgan fingerprint density at radius 3 is 2.46 bits per heavy atom. The summed E-state index contributed by atoms with van der Waals surface area (Å²) in [6.45, 7) is 4.05. The van der Waals surface area contributed by atoms with E-state index in [0.717, 1.165) is 5.56 Å². The number of anilines is 1. The van der Waals surface area contributed by atoms with Gasteiger partial charge in [-0.05, 0) is 17.5 Å². The van der Waals surface area contributed by atoms with Crippen LogP contribution < -0.4 is 11.5 Å². The largest absolute Gasteiger partial charge is 0.398 e. The number of hydrogen-bond donors (Lipinski definition) is 2. The normalized spacial score (nSPS) is 10.4. The zero-order valence-electron chi connectivity index (χ0n) is 7.87. The van der Waals surface area contributed by atoms with Crippen LogP contribution in [0.5, 0.6) is 0 Å². The molecule has 3 heteroatoms. The Bertz CT molecular complexity index is 332. The molecule has 0 aromatic heterocycles. The summed E-state index contributed by atoms with van der Waals surface area (Å²) >= 11 is 0. The molecule has 3 nitrogen and oxygen atoms in total. The number of primary amides is 1. The van der Waals surface area contributed by atoms with Gasteiger partial charge in [0.25, 0.3) is 5.91 Å². The summed E-state index contributed by atoms with van der Waals surface area (Å²) in [4.78, 5) is 10.9. The standard InChI is InChI=1S/C10H14N2O/c1-6(2)7-4-3-5-8(9(7)11)10(12)13/h3-6H,11H2,1-2H3,(H2,12,13). The average molecular weight is 178 g/mol. The Kier molecular flexibility index (Phi) is 2.56. The topological polar surface area (TPSA) is 69.1 Å². The first-order valence-electron chi connectivity index (χ1n) is 4.22. The highest BCUT2D eigenvalue weighted by Crippen LogP contribution is 2.24. The van der Waals surface area contributed by atoms with Crippen molar-refractivity contribution in [2.45, 2.75) is 19.8 Å². The minimum atomic E-state index is -0.472. The van der Waals surface area contributed by atoms with Crippen molar-refractivity contribution in [3.8, 4) is 0 Å². The number of carbonyl (C=O) groups excluding carboxylic acids is 1. The lowest BCUT2D eigenvalue weighted by molar-refractivity contribution is 0.100. The molecule has 0 unspecified atom stereocenters. The van der Waals surface area contributed by atoms with Crippen LogP contribution in [0.2, 0.25) is 0 Å². The maximum absolute atomic E-state index is 10.9. The molecule has 0 fully saturated rings.